The Labute approximate surface area is 102 Å². The topological polar surface area (TPSA) is 29.5 Å². The van der Waals surface area contributed by atoms with E-state index in [1.165, 1.54) is 0 Å². The van der Waals surface area contributed by atoms with Crippen LogP contribution in [0.25, 0.3) is 0 Å². The van der Waals surface area contributed by atoms with E-state index in [1.807, 2.05) is 36.1 Å². The van der Waals surface area contributed by atoms with Crippen LogP contribution in [0.4, 0.5) is 5.69 Å². The van der Waals surface area contributed by atoms with E-state index in [1.54, 1.807) is 7.11 Å². The van der Waals surface area contributed by atoms with Gasteiger partial charge in [0, 0.05) is 5.69 Å². The Bertz CT molecular complexity index is 411. The molecule has 3 nitrogen and oxygen atoms in total. The third kappa shape index (κ3) is 1.90. The summed E-state index contributed by atoms with van der Waals surface area (Å²) in [6.07, 6.45) is 0. The maximum absolute atomic E-state index is 11.9. The lowest BCUT2D eigenvalue weighted by molar-refractivity contribution is -0.130. The summed E-state index contributed by atoms with van der Waals surface area (Å²) < 4.78 is 5.12. The summed E-state index contributed by atoms with van der Waals surface area (Å²) in [6, 6.07) is 7.98. The molecule has 0 spiro atoms. The second-order valence-corrected chi connectivity index (χ2v) is 4.93. The minimum absolute atomic E-state index is 0.136. The molecule has 2 atom stereocenters. The number of hydrogen-bond acceptors (Lipinski definition) is 2. The third-order valence-electron chi connectivity index (χ3n) is 3.47. The summed E-state index contributed by atoms with van der Waals surface area (Å²) in [6.45, 7) is 6.32. The van der Waals surface area contributed by atoms with Gasteiger partial charge in [0.15, 0.2) is 0 Å². The lowest BCUT2D eigenvalue weighted by Crippen LogP contribution is -2.62. The maximum Gasteiger partial charge on any atom is 0.232 e. The summed E-state index contributed by atoms with van der Waals surface area (Å²) in [5, 5.41) is 0. The normalized spacial score (nSPS) is 23.8. The Balaban J connectivity index is 2.23. The third-order valence-corrected chi connectivity index (χ3v) is 3.47. The highest BCUT2D eigenvalue weighted by molar-refractivity contribution is 6.02. The van der Waals surface area contributed by atoms with Crippen molar-refractivity contribution in [1.82, 2.24) is 0 Å². The molecule has 1 fully saturated rings. The molecule has 0 aliphatic carbocycles. The van der Waals surface area contributed by atoms with E-state index in [0.717, 1.165) is 11.4 Å². The first kappa shape index (κ1) is 12.0. The van der Waals surface area contributed by atoms with Gasteiger partial charge >= 0.3 is 0 Å². The van der Waals surface area contributed by atoms with E-state index < -0.39 is 0 Å². The number of amides is 1. The molecule has 92 valence electrons. The first-order valence-electron chi connectivity index (χ1n) is 6.03. The van der Waals surface area contributed by atoms with Gasteiger partial charge in [-0.15, -0.1) is 0 Å². The Morgan fingerprint density at radius 1 is 1.24 bits per heavy atom. The zero-order valence-corrected chi connectivity index (χ0v) is 10.8. The smallest absolute Gasteiger partial charge is 0.232 e. The number of ether oxygens (including phenoxy) is 1. The van der Waals surface area contributed by atoms with Crippen molar-refractivity contribution in [2.45, 2.75) is 26.8 Å². The standard InChI is InChI=1S/C14H19NO2/c1-9(2)13-10(3)14(16)15(13)11-5-7-12(17-4)8-6-11/h5-10,13H,1-4H3/t10-,13-/m1/s1. The van der Waals surface area contributed by atoms with Gasteiger partial charge in [0.2, 0.25) is 5.91 Å². The molecule has 1 aliphatic heterocycles. The number of methoxy groups -OCH3 is 1. The Hall–Kier alpha value is -1.51. The van der Waals surface area contributed by atoms with E-state index in [9.17, 15) is 4.79 Å². The fourth-order valence-corrected chi connectivity index (χ4v) is 2.57. The molecule has 0 bridgehead atoms. The molecule has 17 heavy (non-hydrogen) atoms. The van der Waals surface area contributed by atoms with Crippen molar-refractivity contribution in [1.29, 1.82) is 0 Å². The van der Waals surface area contributed by atoms with Crippen LogP contribution in [0, 0.1) is 11.8 Å². The van der Waals surface area contributed by atoms with Crippen molar-refractivity contribution in [2.24, 2.45) is 11.8 Å². The van der Waals surface area contributed by atoms with Crippen LogP contribution in [0.15, 0.2) is 24.3 Å². The average molecular weight is 233 g/mol. The first-order chi connectivity index (χ1) is 8.06. The zero-order valence-electron chi connectivity index (χ0n) is 10.8. The van der Waals surface area contributed by atoms with Crippen LogP contribution in [-0.4, -0.2) is 19.1 Å². The molecule has 1 aromatic carbocycles. The second kappa shape index (κ2) is 4.40. The molecule has 3 heteroatoms. The number of β-lactam (4-membered cyclic amide) rings is 1. The number of anilines is 1. The van der Waals surface area contributed by atoms with Crippen LogP contribution in [-0.2, 0) is 4.79 Å². The minimum Gasteiger partial charge on any atom is -0.497 e. The fraction of sp³-hybridized carbons (Fsp3) is 0.500. The first-order valence-corrected chi connectivity index (χ1v) is 6.03. The van der Waals surface area contributed by atoms with E-state index in [0.29, 0.717) is 12.0 Å². The Kier molecular flexibility index (Phi) is 3.09. The van der Waals surface area contributed by atoms with Crippen LogP contribution < -0.4 is 9.64 Å². The van der Waals surface area contributed by atoms with Crippen LogP contribution in [0.3, 0.4) is 0 Å². The molecular weight excluding hydrogens is 214 g/mol. The van der Waals surface area contributed by atoms with Gasteiger partial charge in [0.25, 0.3) is 0 Å². The number of nitrogens with zero attached hydrogens (tertiary/aromatic N) is 1. The van der Waals surface area contributed by atoms with Crippen molar-refractivity contribution in [3.63, 3.8) is 0 Å². The van der Waals surface area contributed by atoms with Gasteiger partial charge in [-0.05, 0) is 30.2 Å². The predicted octanol–water partition coefficient (Wildman–Crippen LogP) is 2.70. The molecule has 1 aliphatic rings. The molecule has 2 rings (SSSR count). The van der Waals surface area contributed by atoms with Crippen molar-refractivity contribution in [3.8, 4) is 5.75 Å². The van der Waals surface area contributed by atoms with E-state index in [-0.39, 0.29) is 11.8 Å². The number of rotatable bonds is 3. The van der Waals surface area contributed by atoms with E-state index in [2.05, 4.69) is 13.8 Å². The Morgan fingerprint density at radius 2 is 1.82 bits per heavy atom. The molecule has 0 radical (unpaired) electrons. The van der Waals surface area contributed by atoms with Crippen LogP contribution in [0.2, 0.25) is 0 Å². The summed E-state index contributed by atoms with van der Waals surface area (Å²) in [7, 11) is 1.64. The molecule has 1 aromatic rings. The lowest BCUT2D eigenvalue weighted by Gasteiger charge is -2.48. The largest absolute Gasteiger partial charge is 0.497 e. The molecule has 1 amide bonds. The highest BCUT2D eigenvalue weighted by Gasteiger charge is 2.46. The Morgan fingerprint density at radius 3 is 2.29 bits per heavy atom. The predicted molar refractivity (Wildman–Crippen MR) is 68.3 cm³/mol. The summed E-state index contributed by atoms with van der Waals surface area (Å²) >= 11 is 0. The number of carbonyl (C=O) groups is 1. The average Bonchev–Trinajstić information content (AvgIpc) is 2.34. The quantitative estimate of drug-likeness (QED) is 0.751. The van der Waals surface area contributed by atoms with E-state index >= 15 is 0 Å². The fourth-order valence-electron chi connectivity index (χ4n) is 2.57. The van der Waals surface area contributed by atoms with Gasteiger partial charge in [0.1, 0.15) is 5.75 Å². The zero-order chi connectivity index (χ0) is 12.6. The van der Waals surface area contributed by atoms with Gasteiger partial charge in [-0.1, -0.05) is 20.8 Å². The summed E-state index contributed by atoms with van der Waals surface area (Å²) in [5.41, 5.74) is 0.965. The van der Waals surface area contributed by atoms with Crippen LogP contribution >= 0.6 is 0 Å². The van der Waals surface area contributed by atoms with Gasteiger partial charge in [0.05, 0.1) is 19.1 Å². The second-order valence-electron chi connectivity index (χ2n) is 4.93. The van der Waals surface area contributed by atoms with Crippen molar-refractivity contribution in [2.75, 3.05) is 12.0 Å². The number of hydrogen-bond donors (Lipinski definition) is 0. The van der Waals surface area contributed by atoms with Crippen LogP contribution in [0.1, 0.15) is 20.8 Å². The molecule has 0 N–H and O–H groups in total. The summed E-state index contributed by atoms with van der Waals surface area (Å²) in [4.78, 5) is 13.8. The molecule has 1 saturated heterocycles. The molecular formula is C14H19NO2. The summed E-state index contributed by atoms with van der Waals surface area (Å²) in [5.74, 6) is 1.65. The number of carbonyl (C=O) groups excluding carboxylic acids is 1. The molecule has 0 unspecified atom stereocenters. The molecule has 1 heterocycles. The highest BCUT2D eigenvalue weighted by atomic mass is 16.5. The van der Waals surface area contributed by atoms with Crippen molar-refractivity contribution >= 4 is 11.6 Å². The number of benzene rings is 1. The molecule has 0 aromatic heterocycles. The van der Waals surface area contributed by atoms with Gasteiger partial charge in [-0.2, -0.15) is 0 Å². The monoisotopic (exact) mass is 233 g/mol. The van der Waals surface area contributed by atoms with Gasteiger partial charge in [-0.25, -0.2) is 0 Å². The van der Waals surface area contributed by atoms with Gasteiger partial charge in [-0.3, -0.25) is 4.79 Å². The SMILES string of the molecule is COc1ccc(N2C(=O)[C@H](C)[C@H]2C(C)C)cc1. The van der Waals surface area contributed by atoms with Crippen LogP contribution in [0.5, 0.6) is 5.75 Å². The highest BCUT2D eigenvalue weighted by Crippen LogP contribution is 2.36. The molecule has 0 saturated carbocycles. The lowest BCUT2D eigenvalue weighted by atomic mass is 9.81. The van der Waals surface area contributed by atoms with Gasteiger partial charge < -0.3 is 9.64 Å². The minimum atomic E-state index is 0.136. The van der Waals surface area contributed by atoms with E-state index in [4.69, 9.17) is 4.74 Å². The van der Waals surface area contributed by atoms with Crippen molar-refractivity contribution < 1.29 is 9.53 Å². The maximum atomic E-state index is 11.9. The van der Waals surface area contributed by atoms with Crippen molar-refractivity contribution in [3.05, 3.63) is 24.3 Å².